The highest BCUT2D eigenvalue weighted by molar-refractivity contribution is 5.71. The molecule has 0 amide bonds. The van der Waals surface area contributed by atoms with Crippen molar-refractivity contribution in [1.82, 2.24) is 0 Å². The maximum Gasteiger partial charge on any atom is 0.308 e. The van der Waals surface area contributed by atoms with Crippen molar-refractivity contribution in [2.24, 2.45) is 5.92 Å². The molecule has 1 saturated heterocycles. The minimum absolute atomic E-state index is 0.00921. The van der Waals surface area contributed by atoms with Crippen LogP contribution >= 0.6 is 0 Å². The van der Waals surface area contributed by atoms with E-state index in [-0.39, 0.29) is 17.7 Å². The highest BCUT2D eigenvalue weighted by Crippen LogP contribution is 2.35. The van der Waals surface area contributed by atoms with Crippen LogP contribution in [0.1, 0.15) is 52.9 Å². The van der Waals surface area contributed by atoms with Crippen molar-refractivity contribution in [3.05, 3.63) is 0 Å². The van der Waals surface area contributed by atoms with E-state index in [0.29, 0.717) is 6.61 Å². The van der Waals surface area contributed by atoms with Gasteiger partial charge in [-0.25, -0.2) is 0 Å². The van der Waals surface area contributed by atoms with Crippen molar-refractivity contribution in [1.29, 1.82) is 0 Å². The molecule has 0 aromatic rings. The van der Waals surface area contributed by atoms with Crippen molar-refractivity contribution >= 4 is 5.97 Å². The fraction of sp³-hybridized carbons (Fsp3) is 0.929. The molecule has 0 unspecified atom stereocenters. The largest absolute Gasteiger partial charge is 0.466 e. The minimum Gasteiger partial charge on any atom is -0.466 e. The van der Waals surface area contributed by atoms with Gasteiger partial charge in [0, 0.05) is 12.8 Å². The molecule has 1 spiro atoms. The van der Waals surface area contributed by atoms with Crippen LogP contribution in [0.15, 0.2) is 0 Å². The Labute approximate surface area is 110 Å². The van der Waals surface area contributed by atoms with Gasteiger partial charge in [-0.15, -0.1) is 0 Å². The number of esters is 1. The zero-order valence-corrected chi connectivity index (χ0v) is 11.9. The molecular weight excluding hydrogens is 232 g/mol. The van der Waals surface area contributed by atoms with Crippen LogP contribution in [0, 0.1) is 5.92 Å². The van der Waals surface area contributed by atoms with Crippen molar-refractivity contribution in [2.45, 2.75) is 58.7 Å². The molecule has 0 radical (unpaired) electrons. The SMILES string of the molecule is C1CCC2(CC1)OCCO2.CCOC(=O)C(C)C. The molecule has 2 fully saturated rings. The van der Waals surface area contributed by atoms with E-state index in [9.17, 15) is 4.79 Å². The Balaban J connectivity index is 0.000000187. The second-order valence-corrected chi connectivity index (χ2v) is 5.08. The highest BCUT2D eigenvalue weighted by atomic mass is 16.7. The van der Waals surface area contributed by atoms with Crippen LogP contribution in [0.3, 0.4) is 0 Å². The van der Waals surface area contributed by atoms with Crippen molar-refractivity contribution in [3.63, 3.8) is 0 Å². The van der Waals surface area contributed by atoms with Crippen LogP contribution in [-0.4, -0.2) is 31.6 Å². The summed E-state index contributed by atoms with van der Waals surface area (Å²) in [5.41, 5.74) is 0. The minimum atomic E-state index is -0.127. The Bertz CT molecular complexity index is 236. The normalized spacial score (nSPS) is 21.6. The third-order valence-electron chi connectivity index (χ3n) is 3.19. The fourth-order valence-corrected chi connectivity index (χ4v) is 2.19. The first-order valence-electron chi connectivity index (χ1n) is 7.04. The summed E-state index contributed by atoms with van der Waals surface area (Å²) in [6.07, 6.45) is 6.15. The van der Waals surface area contributed by atoms with E-state index in [0.717, 1.165) is 26.1 Å². The lowest BCUT2D eigenvalue weighted by atomic mass is 9.94. The molecule has 1 aliphatic heterocycles. The van der Waals surface area contributed by atoms with E-state index in [4.69, 9.17) is 9.47 Å². The van der Waals surface area contributed by atoms with Crippen molar-refractivity contribution in [2.75, 3.05) is 19.8 Å². The fourth-order valence-electron chi connectivity index (χ4n) is 2.19. The van der Waals surface area contributed by atoms with Gasteiger partial charge in [-0.1, -0.05) is 20.3 Å². The van der Waals surface area contributed by atoms with Gasteiger partial charge in [-0.3, -0.25) is 4.79 Å². The van der Waals surface area contributed by atoms with Gasteiger partial charge in [0.15, 0.2) is 5.79 Å². The second-order valence-electron chi connectivity index (χ2n) is 5.08. The van der Waals surface area contributed by atoms with Crippen LogP contribution in [0.25, 0.3) is 0 Å². The van der Waals surface area contributed by atoms with E-state index in [1.807, 2.05) is 13.8 Å². The molecule has 1 heterocycles. The zero-order chi connectivity index (χ0) is 13.4. The Hall–Kier alpha value is -0.610. The molecule has 0 atom stereocenters. The van der Waals surface area contributed by atoms with E-state index in [1.54, 1.807) is 6.92 Å². The molecule has 0 N–H and O–H groups in total. The van der Waals surface area contributed by atoms with Crippen LogP contribution in [-0.2, 0) is 19.0 Å². The number of hydrogen-bond donors (Lipinski definition) is 0. The molecule has 1 saturated carbocycles. The molecule has 0 bridgehead atoms. The topological polar surface area (TPSA) is 44.8 Å². The lowest BCUT2D eigenvalue weighted by Crippen LogP contribution is -2.32. The van der Waals surface area contributed by atoms with Gasteiger partial charge in [0.05, 0.1) is 25.7 Å². The number of hydrogen-bond acceptors (Lipinski definition) is 4. The van der Waals surface area contributed by atoms with Gasteiger partial charge in [0.2, 0.25) is 0 Å². The van der Waals surface area contributed by atoms with E-state index < -0.39 is 0 Å². The quantitative estimate of drug-likeness (QED) is 0.714. The average molecular weight is 258 g/mol. The average Bonchev–Trinajstić information content (AvgIpc) is 2.79. The summed E-state index contributed by atoms with van der Waals surface area (Å²) < 4.78 is 15.8. The Morgan fingerprint density at radius 2 is 1.72 bits per heavy atom. The van der Waals surface area contributed by atoms with Gasteiger partial charge in [0.25, 0.3) is 0 Å². The Morgan fingerprint density at radius 1 is 1.17 bits per heavy atom. The molecule has 1 aliphatic carbocycles. The summed E-state index contributed by atoms with van der Waals surface area (Å²) in [6.45, 7) is 7.54. The number of carbonyl (C=O) groups excluding carboxylic acids is 1. The first-order chi connectivity index (χ1) is 8.59. The summed E-state index contributed by atoms with van der Waals surface area (Å²) >= 11 is 0. The molecule has 106 valence electrons. The molecular formula is C14H26O4. The number of carbonyl (C=O) groups is 1. The maximum atomic E-state index is 10.5. The van der Waals surface area contributed by atoms with Crippen LogP contribution in [0.4, 0.5) is 0 Å². The van der Waals surface area contributed by atoms with Gasteiger partial charge >= 0.3 is 5.97 Å². The van der Waals surface area contributed by atoms with Gasteiger partial charge in [-0.05, 0) is 19.8 Å². The summed E-state index contributed by atoms with van der Waals surface area (Å²) in [6, 6.07) is 0. The highest BCUT2D eigenvalue weighted by Gasteiger charge is 2.37. The molecule has 4 nitrogen and oxygen atoms in total. The standard InChI is InChI=1S/C8H14O2.C6H12O2/c1-2-4-8(5-3-1)9-6-7-10-8;1-4-8-6(7)5(2)3/h1-7H2;5H,4H2,1-3H3. The van der Waals surface area contributed by atoms with Gasteiger partial charge < -0.3 is 14.2 Å². The zero-order valence-electron chi connectivity index (χ0n) is 11.9. The smallest absolute Gasteiger partial charge is 0.308 e. The van der Waals surface area contributed by atoms with E-state index in [1.165, 1.54) is 19.3 Å². The van der Waals surface area contributed by atoms with Crippen LogP contribution in [0.5, 0.6) is 0 Å². The van der Waals surface area contributed by atoms with E-state index >= 15 is 0 Å². The first-order valence-corrected chi connectivity index (χ1v) is 7.04. The van der Waals surface area contributed by atoms with Crippen molar-refractivity contribution < 1.29 is 19.0 Å². The predicted molar refractivity (Wildman–Crippen MR) is 69.2 cm³/mol. The van der Waals surface area contributed by atoms with Crippen LogP contribution in [0.2, 0.25) is 0 Å². The third-order valence-corrected chi connectivity index (χ3v) is 3.19. The van der Waals surface area contributed by atoms with E-state index in [2.05, 4.69) is 4.74 Å². The molecule has 2 aliphatic rings. The first kappa shape index (κ1) is 15.4. The molecule has 2 rings (SSSR count). The molecule has 18 heavy (non-hydrogen) atoms. The summed E-state index contributed by atoms with van der Waals surface area (Å²) in [4.78, 5) is 10.5. The number of rotatable bonds is 2. The third kappa shape index (κ3) is 4.94. The Kier molecular flexibility index (Phi) is 6.65. The van der Waals surface area contributed by atoms with Crippen molar-refractivity contribution in [3.8, 4) is 0 Å². The number of ether oxygens (including phenoxy) is 3. The molecule has 4 heteroatoms. The van der Waals surface area contributed by atoms with Gasteiger partial charge in [0.1, 0.15) is 0 Å². The Morgan fingerprint density at radius 3 is 2.11 bits per heavy atom. The van der Waals surface area contributed by atoms with Gasteiger partial charge in [-0.2, -0.15) is 0 Å². The lowest BCUT2D eigenvalue weighted by Gasteiger charge is -2.30. The maximum absolute atomic E-state index is 10.5. The summed E-state index contributed by atoms with van der Waals surface area (Å²) in [5.74, 6) is -0.236. The molecule has 0 aromatic carbocycles. The lowest BCUT2D eigenvalue weighted by molar-refractivity contribution is -0.176. The summed E-state index contributed by atoms with van der Waals surface area (Å²) in [5, 5.41) is 0. The van der Waals surface area contributed by atoms with Crippen LogP contribution < -0.4 is 0 Å². The summed E-state index contributed by atoms with van der Waals surface area (Å²) in [7, 11) is 0. The second kappa shape index (κ2) is 7.74. The predicted octanol–water partition coefficient (Wildman–Crippen LogP) is 2.90. The monoisotopic (exact) mass is 258 g/mol. The molecule has 0 aromatic heterocycles.